The molecule has 10 rings (SSSR count). The number of para-hydroxylation sites is 3. The minimum Gasteiger partial charge on any atom is -0.310 e. The molecule has 0 aliphatic rings. The lowest BCUT2D eigenvalue weighted by Gasteiger charge is -2.26. The molecule has 0 amide bonds. The molecule has 0 aliphatic heterocycles. The highest BCUT2D eigenvalue weighted by Gasteiger charge is 2.15. The molecule has 1 aromatic heterocycles. The summed E-state index contributed by atoms with van der Waals surface area (Å²) in [5.74, 6) is 0. The van der Waals surface area contributed by atoms with Crippen LogP contribution in [0.25, 0.3) is 71.6 Å². The van der Waals surface area contributed by atoms with E-state index in [9.17, 15) is 0 Å². The highest BCUT2D eigenvalue weighted by molar-refractivity contribution is 6.10. The summed E-state index contributed by atoms with van der Waals surface area (Å²) < 4.78 is 2.36. The first-order valence-electron chi connectivity index (χ1n) is 18.5. The van der Waals surface area contributed by atoms with Gasteiger partial charge in [0.05, 0.1) is 11.0 Å². The van der Waals surface area contributed by atoms with Crippen molar-refractivity contribution in [3.05, 3.63) is 218 Å². The smallest absolute Gasteiger partial charge is 0.0541 e. The summed E-state index contributed by atoms with van der Waals surface area (Å²) in [5.41, 5.74) is 14.2. The van der Waals surface area contributed by atoms with E-state index in [0.717, 1.165) is 17.1 Å². The molecule has 254 valence electrons. The summed E-state index contributed by atoms with van der Waals surface area (Å²) in [6.45, 7) is 0. The standard InChI is InChI=1S/C52H36N2/c1-3-15-45(16-4-1)53(48-19-11-14-42(35-48)43-27-26-37-12-7-8-13-41(37)34-43)47-31-28-39(29-32-47)38-22-24-40(25-23-38)44-30-33-52-50(36-44)49-20-9-10-21-51(49)54(52)46-17-5-2-6-18-46/h1-36H. The van der Waals surface area contributed by atoms with Crippen LogP contribution < -0.4 is 4.90 Å². The van der Waals surface area contributed by atoms with Gasteiger partial charge >= 0.3 is 0 Å². The first-order valence-corrected chi connectivity index (χ1v) is 18.5. The van der Waals surface area contributed by atoms with E-state index in [4.69, 9.17) is 0 Å². The Hall–Kier alpha value is -7.16. The van der Waals surface area contributed by atoms with E-state index in [1.807, 2.05) is 0 Å². The van der Waals surface area contributed by atoms with Gasteiger partial charge in [0.2, 0.25) is 0 Å². The minimum absolute atomic E-state index is 1.11. The largest absolute Gasteiger partial charge is 0.310 e. The molecular formula is C52H36N2. The van der Waals surface area contributed by atoms with Crippen LogP contribution in [0.15, 0.2) is 218 Å². The van der Waals surface area contributed by atoms with E-state index in [2.05, 4.69) is 228 Å². The Labute approximate surface area is 315 Å². The van der Waals surface area contributed by atoms with Crippen LogP contribution in [-0.4, -0.2) is 4.57 Å². The van der Waals surface area contributed by atoms with Crippen LogP contribution in [0.1, 0.15) is 0 Å². The number of hydrogen-bond acceptors (Lipinski definition) is 1. The Kier molecular flexibility index (Phi) is 7.85. The third kappa shape index (κ3) is 5.71. The molecule has 0 spiro atoms. The summed E-state index contributed by atoms with van der Waals surface area (Å²) in [4.78, 5) is 2.34. The molecule has 54 heavy (non-hydrogen) atoms. The lowest BCUT2D eigenvalue weighted by atomic mass is 9.98. The number of nitrogens with zero attached hydrogens (tertiary/aromatic N) is 2. The summed E-state index contributed by atoms with van der Waals surface area (Å²) in [6, 6.07) is 78.8. The van der Waals surface area contributed by atoms with Crippen molar-refractivity contribution in [1.82, 2.24) is 4.57 Å². The van der Waals surface area contributed by atoms with Gasteiger partial charge in [-0.1, -0.05) is 146 Å². The maximum Gasteiger partial charge on any atom is 0.0541 e. The van der Waals surface area contributed by atoms with Crippen molar-refractivity contribution in [3.63, 3.8) is 0 Å². The van der Waals surface area contributed by atoms with Crippen LogP contribution in [0.4, 0.5) is 17.1 Å². The highest BCUT2D eigenvalue weighted by atomic mass is 15.1. The molecule has 0 unspecified atom stereocenters. The number of fused-ring (bicyclic) bond motifs is 4. The number of rotatable bonds is 7. The van der Waals surface area contributed by atoms with Crippen LogP contribution in [0.2, 0.25) is 0 Å². The van der Waals surface area contributed by atoms with Gasteiger partial charge in [-0.05, 0) is 117 Å². The average molecular weight is 689 g/mol. The molecule has 9 aromatic carbocycles. The summed E-state index contributed by atoms with van der Waals surface area (Å²) in [7, 11) is 0. The predicted molar refractivity (Wildman–Crippen MR) is 229 cm³/mol. The van der Waals surface area contributed by atoms with Gasteiger partial charge in [0.1, 0.15) is 0 Å². The van der Waals surface area contributed by atoms with Crippen LogP contribution in [0, 0.1) is 0 Å². The topological polar surface area (TPSA) is 8.17 Å². The van der Waals surface area contributed by atoms with Crippen molar-refractivity contribution in [3.8, 4) is 39.1 Å². The molecule has 0 fully saturated rings. The number of benzene rings is 9. The van der Waals surface area contributed by atoms with E-state index in [-0.39, 0.29) is 0 Å². The molecule has 0 saturated carbocycles. The molecule has 10 aromatic rings. The van der Waals surface area contributed by atoms with Gasteiger partial charge in [0.15, 0.2) is 0 Å². The van der Waals surface area contributed by atoms with E-state index < -0.39 is 0 Å². The van der Waals surface area contributed by atoms with Gasteiger partial charge in [-0.2, -0.15) is 0 Å². The van der Waals surface area contributed by atoms with Crippen molar-refractivity contribution < 1.29 is 0 Å². The quantitative estimate of drug-likeness (QED) is 0.162. The highest BCUT2D eigenvalue weighted by Crippen LogP contribution is 2.39. The molecule has 1 heterocycles. The van der Waals surface area contributed by atoms with Gasteiger partial charge in [-0.15, -0.1) is 0 Å². The van der Waals surface area contributed by atoms with Crippen LogP contribution in [0.3, 0.4) is 0 Å². The molecule has 2 heteroatoms. The molecule has 0 atom stereocenters. The zero-order valence-electron chi connectivity index (χ0n) is 29.7. The van der Waals surface area contributed by atoms with Crippen molar-refractivity contribution in [2.75, 3.05) is 4.90 Å². The maximum absolute atomic E-state index is 2.36. The summed E-state index contributed by atoms with van der Waals surface area (Å²) in [5, 5.41) is 5.03. The number of aromatic nitrogens is 1. The van der Waals surface area contributed by atoms with Gasteiger partial charge in [-0.3, -0.25) is 0 Å². The van der Waals surface area contributed by atoms with Crippen LogP contribution in [-0.2, 0) is 0 Å². The summed E-state index contributed by atoms with van der Waals surface area (Å²) >= 11 is 0. The van der Waals surface area contributed by atoms with Crippen LogP contribution >= 0.6 is 0 Å². The zero-order valence-corrected chi connectivity index (χ0v) is 29.7. The normalized spacial score (nSPS) is 11.3. The van der Waals surface area contributed by atoms with Crippen molar-refractivity contribution >= 4 is 49.6 Å². The zero-order chi connectivity index (χ0) is 35.8. The van der Waals surface area contributed by atoms with E-state index >= 15 is 0 Å². The number of anilines is 3. The second-order valence-electron chi connectivity index (χ2n) is 13.8. The fraction of sp³-hybridized carbons (Fsp3) is 0. The molecule has 2 nitrogen and oxygen atoms in total. The molecule has 0 N–H and O–H groups in total. The maximum atomic E-state index is 2.36. The number of hydrogen-bond donors (Lipinski definition) is 0. The van der Waals surface area contributed by atoms with E-state index in [0.29, 0.717) is 0 Å². The fourth-order valence-corrected chi connectivity index (χ4v) is 7.88. The molecule has 0 radical (unpaired) electrons. The fourth-order valence-electron chi connectivity index (χ4n) is 7.88. The average Bonchev–Trinajstić information content (AvgIpc) is 3.58. The first kappa shape index (κ1) is 31.6. The Balaban J connectivity index is 0.961. The Morgan fingerprint density at radius 1 is 0.278 bits per heavy atom. The van der Waals surface area contributed by atoms with Crippen LogP contribution in [0.5, 0.6) is 0 Å². The predicted octanol–water partition coefficient (Wildman–Crippen LogP) is 14.4. The van der Waals surface area contributed by atoms with Crippen molar-refractivity contribution in [2.24, 2.45) is 0 Å². The first-order chi connectivity index (χ1) is 26.8. The van der Waals surface area contributed by atoms with E-state index in [1.54, 1.807) is 0 Å². The lowest BCUT2D eigenvalue weighted by Crippen LogP contribution is -2.09. The Morgan fingerprint density at radius 2 is 0.796 bits per heavy atom. The Bertz CT molecular complexity index is 2910. The summed E-state index contributed by atoms with van der Waals surface area (Å²) in [6.07, 6.45) is 0. The lowest BCUT2D eigenvalue weighted by molar-refractivity contribution is 1.18. The second kappa shape index (κ2) is 13.4. The molecule has 0 bridgehead atoms. The minimum atomic E-state index is 1.11. The van der Waals surface area contributed by atoms with Gasteiger partial charge in [-0.25, -0.2) is 0 Å². The molecule has 0 saturated heterocycles. The third-order valence-corrected chi connectivity index (χ3v) is 10.6. The SMILES string of the molecule is c1ccc(N(c2ccc(-c3ccc(-c4ccc5c(c4)c4ccccc4n5-c4ccccc4)cc3)cc2)c2cccc(-c3ccc4ccccc4c3)c2)cc1. The van der Waals surface area contributed by atoms with Gasteiger partial charge in [0, 0.05) is 33.5 Å². The third-order valence-electron chi connectivity index (χ3n) is 10.6. The van der Waals surface area contributed by atoms with Gasteiger partial charge < -0.3 is 9.47 Å². The second-order valence-corrected chi connectivity index (χ2v) is 13.8. The Morgan fingerprint density at radius 3 is 1.57 bits per heavy atom. The van der Waals surface area contributed by atoms with Crippen molar-refractivity contribution in [2.45, 2.75) is 0 Å². The molecular weight excluding hydrogens is 653 g/mol. The van der Waals surface area contributed by atoms with E-state index in [1.165, 1.54) is 71.6 Å². The van der Waals surface area contributed by atoms with Gasteiger partial charge in [0.25, 0.3) is 0 Å². The monoisotopic (exact) mass is 688 g/mol. The van der Waals surface area contributed by atoms with Crippen molar-refractivity contribution in [1.29, 1.82) is 0 Å². The molecule has 0 aliphatic carbocycles.